The normalized spacial score (nSPS) is 17.0. The number of nitrogens with one attached hydrogen (secondary N) is 3. The fourth-order valence-corrected chi connectivity index (χ4v) is 5.45. The second-order valence-corrected chi connectivity index (χ2v) is 17.2. The van der Waals surface area contributed by atoms with Gasteiger partial charge < -0.3 is 25.0 Å². The Hall–Kier alpha value is -3.65. The van der Waals surface area contributed by atoms with Crippen LogP contribution in [0.15, 0.2) is 29.7 Å². The zero-order valence-corrected chi connectivity index (χ0v) is 30.9. The molecule has 1 aromatic rings. The Bertz CT molecular complexity index is 1520. The number of rotatable bonds is 10. The molecule has 1 aromatic carbocycles. The summed E-state index contributed by atoms with van der Waals surface area (Å²) in [7, 11) is -3.57. The van der Waals surface area contributed by atoms with Crippen molar-refractivity contribution < 1.29 is 41.9 Å². The highest BCUT2D eigenvalue weighted by Crippen LogP contribution is 2.28. The van der Waals surface area contributed by atoms with Gasteiger partial charge in [0.25, 0.3) is 5.91 Å². The van der Waals surface area contributed by atoms with E-state index in [2.05, 4.69) is 16.0 Å². The SMILES string of the molecule is CC(C)(C)OC(=O)C[C@@H](C=CS(C)(=O)=O)NC(=O)[C@H]1CCCN1C(=O)[C@H](NC(=O)c1ccc(NC(=O)OC(C)(C)C)c(Cl)c1)C(C)(C)C. The number of hydrogen-bond donors (Lipinski definition) is 3. The highest BCUT2D eigenvalue weighted by molar-refractivity contribution is 7.93. The Morgan fingerprint density at radius 1 is 0.979 bits per heavy atom. The molecule has 0 saturated carbocycles. The zero-order valence-electron chi connectivity index (χ0n) is 29.4. The molecule has 0 aromatic heterocycles. The highest BCUT2D eigenvalue weighted by Gasteiger charge is 2.42. The molecule has 1 aliphatic rings. The second-order valence-electron chi connectivity index (χ2n) is 14.8. The summed E-state index contributed by atoms with van der Waals surface area (Å²) in [5.74, 6) is -2.31. The lowest BCUT2D eigenvalue weighted by molar-refractivity contribution is -0.155. The van der Waals surface area contributed by atoms with E-state index in [0.717, 1.165) is 11.7 Å². The number of ether oxygens (including phenoxy) is 2. The number of benzene rings is 1. The molecule has 1 fully saturated rings. The molecule has 3 N–H and O–H groups in total. The Morgan fingerprint density at radius 2 is 1.58 bits per heavy atom. The largest absolute Gasteiger partial charge is 0.460 e. The summed E-state index contributed by atoms with van der Waals surface area (Å²) in [4.78, 5) is 67.0. The molecule has 268 valence electrons. The first-order valence-corrected chi connectivity index (χ1v) is 17.9. The van der Waals surface area contributed by atoms with Crippen LogP contribution in [-0.2, 0) is 33.7 Å². The third-order valence-electron chi connectivity index (χ3n) is 6.79. The maximum atomic E-state index is 14.0. The van der Waals surface area contributed by atoms with Gasteiger partial charge in [0, 0.05) is 23.8 Å². The van der Waals surface area contributed by atoms with Crippen LogP contribution in [0.4, 0.5) is 10.5 Å². The fraction of sp³-hybridized carbons (Fsp3) is 0.606. The van der Waals surface area contributed by atoms with Crippen molar-refractivity contribution in [2.45, 2.75) is 111 Å². The molecule has 3 atom stereocenters. The number of hydrogen-bond acceptors (Lipinski definition) is 9. The molecule has 1 saturated heterocycles. The molecule has 0 aliphatic carbocycles. The fourth-order valence-electron chi connectivity index (χ4n) is 4.75. The van der Waals surface area contributed by atoms with Crippen molar-refractivity contribution in [2.75, 3.05) is 18.1 Å². The van der Waals surface area contributed by atoms with Crippen LogP contribution in [-0.4, -0.2) is 85.2 Å². The summed E-state index contributed by atoms with van der Waals surface area (Å²) in [5, 5.41) is 8.98. The molecular formula is C33H49ClN4O9S. The molecule has 0 bridgehead atoms. The summed E-state index contributed by atoms with van der Waals surface area (Å²) in [5.41, 5.74) is -1.94. The molecule has 2 rings (SSSR count). The van der Waals surface area contributed by atoms with E-state index in [-0.39, 0.29) is 29.2 Å². The molecule has 15 heteroatoms. The number of sulfone groups is 1. The number of likely N-dealkylation sites (tertiary alicyclic amines) is 1. The van der Waals surface area contributed by atoms with E-state index in [0.29, 0.717) is 12.8 Å². The third-order valence-corrected chi connectivity index (χ3v) is 7.75. The monoisotopic (exact) mass is 712 g/mol. The topological polar surface area (TPSA) is 177 Å². The van der Waals surface area contributed by atoms with Gasteiger partial charge in [0.2, 0.25) is 11.8 Å². The van der Waals surface area contributed by atoms with Gasteiger partial charge >= 0.3 is 12.1 Å². The third kappa shape index (κ3) is 13.5. The van der Waals surface area contributed by atoms with Crippen molar-refractivity contribution in [3.63, 3.8) is 0 Å². The van der Waals surface area contributed by atoms with Crippen LogP contribution in [0.5, 0.6) is 0 Å². The van der Waals surface area contributed by atoms with Crippen LogP contribution in [0.2, 0.25) is 5.02 Å². The van der Waals surface area contributed by atoms with E-state index in [9.17, 15) is 32.4 Å². The van der Waals surface area contributed by atoms with Crippen LogP contribution in [0.3, 0.4) is 0 Å². The molecular weight excluding hydrogens is 664 g/mol. The number of nitrogens with zero attached hydrogens (tertiary/aromatic N) is 1. The average molecular weight is 713 g/mol. The summed E-state index contributed by atoms with van der Waals surface area (Å²) < 4.78 is 34.2. The standard InChI is InChI=1S/C33H49ClN4O9S/c1-31(2,3)26(37-27(40)20-13-14-23(22(34)18-20)36-30(43)47-33(7,8)9)29(42)38-16-11-12-24(38)28(41)35-21(15-17-48(10,44)45)19-25(39)46-32(4,5)6/h13-15,17-18,21,24,26H,11-12,16,19H2,1-10H3,(H,35,41)(H,36,43)(H,37,40)/t21-,24-,26+/m1/s1. The number of amides is 4. The van der Waals surface area contributed by atoms with Gasteiger partial charge in [-0.05, 0) is 78.0 Å². The smallest absolute Gasteiger partial charge is 0.412 e. The first-order valence-electron chi connectivity index (χ1n) is 15.6. The molecule has 4 amide bonds. The molecule has 0 radical (unpaired) electrons. The van der Waals surface area contributed by atoms with E-state index in [1.54, 1.807) is 62.3 Å². The van der Waals surface area contributed by atoms with E-state index in [1.807, 2.05) is 0 Å². The minimum Gasteiger partial charge on any atom is -0.460 e. The predicted molar refractivity (Wildman–Crippen MR) is 183 cm³/mol. The predicted octanol–water partition coefficient (Wildman–Crippen LogP) is 4.60. The minimum atomic E-state index is -3.57. The van der Waals surface area contributed by atoms with Crippen molar-refractivity contribution >= 4 is 56.9 Å². The van der Waals surface area contributed by atoms with Crippen LogP contribution < -0.4 is 16.0 Å². The Balaban J connectivity index is 2.25. The number of carbonyl (C=O) groups excluding carboxylic acids is 5. The van der Waals surface area contributed by atoms with Gasteiger partial charge in [0.1, 0.15) is 23.3 Å². The molecule has 1 aliphatic heterocycles. The molecule has 1 heterocycles. The number of esters is 1. The quantitative estimate of drug-likeness (QED) is 0.293. The summed E-state index contributed by atoms with van der Waals surface area (Å²) in [6.07, 6.45) is 1.97. The van der Waals surface area contributed by atoms with E-state index in [1.165, 1.54) is 29.2 Å². The second kappa shape index (κ2) is 15.7. The number of anilines is 1. The first-order chi connectivity index (χ1) is 21.8. The Kier molecular flexibility index (Phi) is 13.3. The van der Waals surface area contributed by atoms with Crippen molar-refractivity contribution in [1.29, 1.82) is 0 Å². The van der Waals surface area contributed by atoms with E-state index in [4.69, 9.17) is 21.1 Å². The van der Waals surface area contributed by atoms with Gasteiger partial charge in [-0.25, -0.2) is 13.2 Å². The Morgan fingerprint density at radius 3 is 2.10 bits per heavy atom. The van der Waals surface area contributed by atoms with Crippen molar-refractivity contribution in [3.8, 4) is 0 Å². The summed E-state index contributed by atoms with van der Waals surface area (Å²) in [6, 6.07) is 1.24. The maximum Gasteiger partial charge on any atom is 0.412 e. The summed E-state index contributed by atoms with van der Waals surface area (Å²) >= 11 is 6.35. The molecule has 13 nitrogen and oxygen atoms in total. The number of halogens is 1. The lowest BCUT2D eigenvalue weighted by Crippen LogP contribution is -2.58. The Labute approximate surface area is 288 Å². The molecule has 48 heavy (non-hydrogen) atoms. The van der Waals surface area contributed by atoms with Crippen molar-refractivity contribution in [2.24, 2.45) is 5.41 Å². The summed E-state index contributed by atoms with van der Waals surface area (Å²) in [6.45, 7) is 15.8. The van der Waals surface area contributed by atoms with Crippen LogP contribution in [0.25, 0.3) is 0 Å². The lowest BCUT2D eigenvalue weighted by Gasteiger charge is -2.35. The van der Waals surface area contributed by atoms with Gasteiger partial charge in [-0.3, -0.25) is 24.5 Å². The van der Waals surface area contributed by atoms with Crippen molar-refractivity contribution in [3.05, 3.63) is 40.3 Å². The van der Waals surface area contributed by atoms with Crippen LogP contribution in [0, 0.1) is 5.41 Å². The van der Waals surface area contributed by atoms with Crippen LogP contribution >= 0.6 is 11.6 Å². The van der Waals surface area contributed by atoms with Gasteiger partial charge in [-0.1, -0.05) is 38.4 Å². The van der Waals surface area contributed by atoms with E-state index < -0.39 is 74.4 Å². The van der Waals surface area contributed by atoms with Gasteiger partial charge in [0.15, 0.2) is 9.84 Å². The van der Waals surface area contributed by atoms with E-state index >= 15 is 0 Å². The zero-order chi connectivity index (χ0) is 36.8. The molecule has 0 unspecified atom stereocenters. The first kappa shape index (κ1) is 40.5. The minimum absolute atomic E-state index is 0.0780. The molecule has 0 spiro atoms. The highest BCUT2D eigenvalue weighted by atomic mass is 35.5. The van der Waals surface area contributed by atoms with Gasteiger partial charge in [0.05, 0.1) is 23.2 Å². The van der Waals surface area contributed by atoms with Gasteiger partial charge in [-0.2, -0.15) is 0 Å². The maximum absolute atomic E-state index is 14.0. The number of carbonyl (C=O) groups is 5. The van der Waals surface area contributed by atoms with Crippen LogP contribution in [0.1, 0.15) is 91.9 Å². The lowest BCUT2D eigenvalue weighted by atomic mass is 9.85. The van der Waals surface area contributed by atoms with Crippen molar-refractivity contribution in [1.82, 2.24) is 15.5 Å². The average Bonchev–Trinajstić information content (AvgIpc) is 3.38. The van der Waals surface area contributed by atoms with Gasteiger partial charge in [-0.15, -0.1) is 0 Å².